The standard InChI is InChI=1S/C16H28N2O2.ClH/c19-15(2-1-14-3-11-20-12-4-14)18-9-6-16(7-10-18)5-8-17-13-16;/h14,17H,1-13H2;1H. The molecule has 0 atom stereocenters. The number of halogens is 1. The van der Waals surface area contributed by atoms with Crippen LogP contribution >= 0.6 is 12.4 Å². The molecule has 122 valence electrons. The molecule has 0 aromatic rings. The van der Waals surface area contributed by atoms with Crippen molar-refractivity contribution in [1.82, 2.24) is 10.2 Å². The summed E-state index contributed by atoms with van der Waals surface area (Å²) >= 11 is 0. The molecule has 0 aromatic heterocycles. The Bertz CT molecular complexity index is 329. The SMILES string of the molecule is Cl.O=C(CCC1CCOCC1)N1CCC2(CCNC2)CC1. The fourth-order valence-corrected chi connectivity index (χ4v) is 3.97. The van der Waals surface area contributed by atoms with Crippen LogP contribution in [0.5, 0.6) is 0 Å². The van der Waals surface area contributed by atoms with Crippen molar-refractivity contribution in [3.63, 3.8) is 0 Å². The quantitative estimate of drug-likeness (QED) is 0.868. The average Bonchev–Trinajstić information content (AvgIpc) is 2.95. The van der Waals surface area contributed by atoms with Crippen LogP contribution in [0, 0.1) is 11.3 Å². The van der Waals surface area contributed by atoms with E-state index < -0.39 is 0 Å². The molecule has 1 N–H and O–H groups in total. The molecule has 3 fully saturated rings. The second-order valence-electron chi connectivity index (χ2n) is 6.90. The van der Waals surface area contributed by atoms with Crippen LogP contribution < -0.4 is 5.32 Å². The molecule has 1 spiro atoms. The minimum absolute atomic E-state index is 0. The Balaban J connectivity index is 0.00000161. The molecule has 21 heavy (non-hydrogen) atoms. The highest BCUT2D eigenvalue weighted by Crippen LogP contribution is 2.37. The molecular formula is C16H29ClN2O2. The number of nitrogens with one attached hydrogen (secondary N) is 1. The van der Waals surface area contributed by atoms with E-state index in [-0.39, 0.29) is 12.4 Å². The molecule has 0 aromatic carbocycles. The largest absolute Gasteiger partial charge is 0.381 e. The van der Waals surface area contributed by atoms with Gasteiger partial charge in [0.25, 0.3) is 0 Å². The van der Waals surface area contributed by atoms with E-state index in [4.69, 9.17) is 4.74 Å². The lowest BCUT2D eigenvalue weighted by atomic mass is 9.78. The second kappa shape index (κ2) is 7.80. The summed E-state index contributed by atoms with van der Waals surface area (Å²) in [7, 11) is 0. The molecular weight excluding hydrogens is 288 g/mol. The minimum Gasteiger partial charge on any atom is -0.381 e. The first-order valence-corrected chi connectivity index (χ1v) is 8.34. The van der Waals surface area contributed by atoms with E-state index in [1.54, 1.807) is 0 Å². The van der Waals surface area contributed by atoms with E-state index in [2.05, 4.69) is 10.2 Å². The van der Waals surface area contributed by atoms with Crippen molar-refractivity contribution < 1.29 is 9.53 Å². The van der Waals surface area contributed by atoms with Gasteiger partial charge < -0.3 is 15.0 Å². The fraction of sp³-hybridized carbons (Fsp3) is 0.938. The summed E-state index contributed by atoms with van der Waals surface area (Å²) in [6, 6.07) is 0. The molecule has 3 aliphatic rings. The van der Waals surface area contributed by atoms with Gasteiger partial charge in [-0.15, -0.1) is 12.4 Å². The van der Waals surface area contributed by atoms with Crippen molar-refractivity contribution in [1.29, 1.82) is 0 Å². The van der Waals surface area contributed by atoms with Crippen LogP contribution in [-0.4, -0.2) is 50.2 Å². The van der Waals surface area contributed by atoms with Gasteiger partial charge in [-0.2, -0.15) is 0 Å². The summed E-state index contributed by atoms with van der Waals surface area (Å²) in [5, 5.41) is 3.48. The second-order valence-corrected chi connectivity index (χ2v) is 6.90. The maximum atomic E-state index is 12.3. The maximum absolute atomic E-state index is 12.3. The number of hydrogen-bond donors (Lipinski definition) is 1. The predicted molar refractivity (Wildman–Crippen MR) is 85.8 cm³/mol. The molecule has 1 amide bonds. The normalized spacial score (nSPS) is 25.8. The lowest BCUT2D eigenvalue weighted by Gasteiger charge is -2.39. The van der Waals surface area contributed by atoms with E-state index in [0.717, 1.165) is 65.1 Å². The minimum atomic E-state index is 0. The Labute approximate surface area is 134 Å². The van der Waals surface area contributed by atoms with Gasteiger partial charge in [-0.3, -0.25) is 4.79 Å². The fourth-order valence-electron chi connectivity index (χ4n) is 3.97. The van der Waals surface area contributed by atoms with Crippen LogP contribution in [0.1, 0.15) is 44.9 Å². The van der Waals surface area contributed by atoms with E-state index in [1.165, 1.54) is 19.3 Å². The summed E-state index contributed by atoms with van der Waals surface area (Å²) in [5.74, 6) is 1.10. The van der Waals surface area contributed by atoms with Crippen molar-refractivity contribution in [2.45, 2.75) is 44.9 Å². The Morgan fingerprint density at radius 1 is 1.19 bits per heavy atom. The number of piperidine rings is 1. The summed E-state index contributed by atoms with van der Waals surface area (Å²) < 4.78 is 5.38. The first-order chi connectivity index (χ1) is 9.77. The maximum Gasteiger partial charge on any atom is 0.222 e. The number of hydrogen-bond acceptors (Lipinski definition) is 3. The Kier molecular flexibility index (Phi) is 6.33. The lowest BCUT2D eigenvalue weighted by molar-refractivity contribution is -0.133. The topological polar surface area (TPSA) is 41.6 Å². The molecule has 0 aliphatic carbocycles. The first kappa shape index (κ1) is 17.0. The molecule has 3 heterocycles. The molecule has 5 heteroatoms. The molecule has 0 saturated carbocycles. The smallest absolute Gasteiger partial charge is 0.222 e. The van der Waals surface area contributed by atoms with Crippen molar-refractivity contribution in [2.75, 3.05) is 39.4 Å². The highest BCUT2D eigenvalue weighted by Gasteiger charge is 2.37. The number of carbonyl (C=O) groups excluding carboxylic acids is 1. The van der Waals surface area contributed by atoms with Crippen molar-refractivity contribution in [3.8, 4) is 0 Å². The third-order valence-electron chi connectivity index (χ3n) is 5.62. The first-order valence-electron chi connectivity index (χ1n) is 8.34. The summed E-state index contributed by atoms with van der Waals surface area (Å²) in [6.45, 7) is 6.06. The Morgan fingerprint density at radius 2 is 1.90 bits per heavy atom. The van der Waals surface area contributed by atoms with Gasteiger partial charge in [0.1, 0.15) is 0 Å². The number of amides is 1. The van der Waals surface area contributed by atoms with Gasteiger partial charge in [0, 0.05) is 39.3 Å². The van der Waals surface area contributed by atoms with Gasteiger partial charge in [0.2, 0.25) is 5.91 Å². The number of likely N-dealkylation sites (tertiary alicyclic amines) is 1. The van der Waals surface area contributed by atoms with Gasteiger partial charge in [-0.05, 0) is 56.4 Å². The van der Waals surface area contributed by atoms with E-state index >= 15 is 0 Å². The van der Waals surface area contributed by atoms with Crippen LogP contribution in [0.3, 0.4) is 0 Å². The number of nitrogens with zero attached hydrogens (tertiary/aromatic N) is 1. The molecule has 0 unspecified atom stereocenters. The van der Waals surface area contributed by atoms with Gasteiger partial charge in [0.05, 0.1) is 0 Å². The Morgan fingerprint density at radius 3 is 2.52 bits per heavy atom. The van der Waals surface area contributed by atoms with Crippen LogP contribution in [0.15, 0.2) is 0 Å². The lowest BCUT2D eigenvalue weighted by Crippen LogP contribution is -2.44. The summed E-state index contributed by atoms with van der Waals surface area (Å²) in [6.07, 6.45) is 7.79. The van der Waals surface area contributed by atoms with Gasteiger partial charge >= 0.3 is 0 Å². The zero-order chi connectivity index (χ0) is 13.8. The van der Waals surface area contributed by atoms with Crippen LogP contribution in [0.25, 0.3) is 0 Å². The van der Waals surface area contributed by atoms with Crippen molar-refractivity contribution in [3.05, 3.63) is 0 Å². The average molecular weight is 317 g/mol. The molecule has 4 nitrogen and oxygen atoms in total. The van der Waals surface area contributed by atoms with Gasteiger partial charge in [-0.1, -0.05) is 0 Å². The highest BCUT2D eigenvalue weighted by molar-refractivity contribution is 5.85. The third kappa shape index (κ3) is 4.33. The van der Waals surface area contributed by atoms with Gasteiger partial charge in [-0.25, -0.2) is 0 Å². The van der Waals surface area contributed by atoms with E-state index in [0.29, 0.717) is 17.2 Å². The van der Waals surface area contributed by atoms with Crippen LogP contribution in [0.2, 0.25) is 0 Å². The third-order valence-corrected chi connectivity index (χ3v) is 5.62. The van der Waals surface area contributed by atoms with Crippen molar-refractivity contribution >= 4 is 18.3 Å². The number of carbonyl (C=O) groups is 1. The molecule has 0 bridgehead atoms. The number of rotatable bonds is 3. The van der Waals surface area contributed by atoms with Crippen LogP contribution in [-0.2, 0) is 9.53 Å². The van der Waals surface area contributed by atoms with E-state index in [1.807, 2.05) is 0 Å². The van der Waals surface area contributed by atoms with Crippen LogP contribution in [0.4, 0.5) is 0 Å². The van der Waals surface area contributed by atoms with Crippen molar-refractivity contribution in [2.24, 2.45) is 11.3 Å². The molecule has 3 aliphatic heterocycles. The summed E-state index contributed by atoms with van der Waals surface area (Å²) in [5.41, 5.74) is 0.511. The highest BCUT2D eigenvalue weighted by atomic mass is 35.5. The molecule has 3 rings (SSSR count). The Hall–Kier alpha value is -0.320. The summed E-state index contributed by atoms with van der Waals surface area (Å²) in [4.78, 5) is 14.4. The molecule has 3 saturated heterocycles. The monoisotopic (exact) mass is 316 g/mol. The van der Waals surface area contributed by atoms with Gasteiger partial charge in [0.15, 0.2) is 0 Å². The zero-order valence-electron chi connectivity index (χ0n) is 12.9. The number of ether oxygens (including phenoxy) is 1. The molecule has 0 radical (unpaired) electrons. The van der Waals surface area contributed by atoms with E-state index in [9.17, 15) is 4.79 Å². The zero-order valence-corrected chi connectivity index (χ0v) is 13.8. The predicted octanol–water partition coefficient (Wildman–Crippen LogP) is 2.22.